The summed E-state index contributed by atoms with van der Waals surface area (Å²) in [6.45, 7) is 8.50. The minimum Gasteiger partial charge on any atom is -0.381 e. The van der Waals surface area contributed by atoms with Crippen LogP contribution in [-0.2, 0) is 6.42 Å². The lowest BCUT2D eigenvalue weighted by atomic mass is 9.96. The Bertz CT molecular complexity index is 556. The number of nitrogen functional groups attached to an aromatic ring is 1. The van der Waals surface area contributed by atoms with Gasteiger partial charge in [0.1, 0.15) is 0 Å². The van der Waals surface area contributed by atoms with Crippen LogP contribution in [0.25, 0.3) is 11.3 Å². The third-order valence-electron chi connectivity index (χ3n) is 3.06. The number of hydrogen-bond donors (Lipinski definition) is 1. The highest BCUT2D eigenvalue weighted by Gasteiger charge is 2.18. The predicted molar refractivity (Wildman–Crippen MR) is 74.4 cm³/mol. The second-order valence-corrected chi connectivity index (χ2v) is 5.29. The lowest BCUT2D eigenvalue weighted by molar-refractivity contribution is 0.434. The number of nitrogens with zero attached hydrogens (tertiary/aromatic N) is 1. The second-order valence-electron chi connectivity index (χ2n) is 5.29. The molecule has 2 rings (SSSR count). The first kappa shape index (κ1) is 12.7. The Balaban J connectivity index is 2.50. The molecule has 3 heteroatoms. The monoisotopic (exact) mass is 244 g/mol. The molecule has 96 valence electrons. The van der Waals surface area contributed by atoms with E-state index in [1.165, 1.54) is 11.1 Å². The number of rotatable bonds is 3. The highest BCUT2D eigenvalue weighted by atomic mass is 16.5. The van der Waals surface area contributed by atoms with Crippen molar-refractivity contribution >= 4 is 5.82 Å². The van der Waals surface area contributed by atoms with Crippen LogP contribution in [0.4, 0.5) is 5.82 Å². The van der Waals surface area contributed by atoms with Gasteiger partial charge in [0.05, 0.1) is 0 Å². The average Bonchev–Trinajstić information content (AvgIpc) is 2.60. The zero-order valence-corrected chi connectivity index (χ0v) is 11.4. The zero-order chi connectivity index (χ0) is 13.3. The second kappa shape index (κ2) is 4.84. The summed E-state index contributed by atoms with van der Waals surface area (Å²) in [6, 6.07) is 6.31. The number of aryl methyl sites for hydroxylation is 2. The van der Waals surface area contributed by atoms with Crippen LogP contribution >= 0.6 is 0 Å². The van der Waals surface area contributed by atoms with E-state index < -0.39 is 0 Å². The van der Waals surface area contributed by atoms with Crippen molar-refractivity contribution in [2.24, 2.45) is 5.92 Å². The molecule has 0 aliphatic heterocycles. The van der Waals surface area contributed by atoms with Gasteiger partial charge in [-0.2, -0.15) is 0 Å². The van der Waals surface area contributed by atoms with E-state index >= 15 is 0 Å². The fraction of sp³-hybridized carbons (Fsp3) is 0.400. The minimum absolute atomic E-state index is 0.513. The quantitative estimate of drug-likeness (QED) is 0.894. The minimum atomic E-state index is 0.513. The maximum absolute atomic E-state index is 5.90. The van der Waals surface area contributed by atoms with E-state index in [4.69, 9.17) is 10.3 Å². The summed E-state index contributed by atoms with van der Waals surface area (Å²) in [7, 11) is 0. The van der Waals surface area contributed by atoms with Gasteiger partial charge >= 0.3 is 0 Å². The molecule has 0 amide bonds. The van der Waals surface area contributed by atoms with Gasteiger partial charge in [0.15, 0.2) is 11.6 Å². The van der Waals surface area contributed by atoms with E-state index in [2.05, 4.69) is 51.1 Å². The smallest absolute Gasteiger partial charge is 0.172 e. The van der Waals surface area contributed by atoms with E-state index in [-0.39, 0.29) is 0 Å². The Morgan fingerprint density at radius 2 is 2.00 bits per heavy atom. The van der Waals surface area contributed by atoms with Crippen LogP contribution in [0.1, 0.15) is 30.5 Å². The summed E-state index contributed by atoms with van der Waals surface area (Å²) < 4.78 is 5.43. The van der Waals surface area contributed by atoms with Gasteiger partial charge in [-0.25, -0.2) is 0 Å². The zero-order valence-electron chi connectivity index (χ0n) is 11.4. The van der Waals surface area contributed by atoms with Crippen molar-refractivity contribution in [1.82, 2.24) is 5.16 Å². The van der Waals surface area contributed by atoms with Gasteiger partial charge in [-0.1, -0.05) is 42.8 Å². The van der Waals surface area contributed by atoms with Crippen LogP contribution < -0.4 is 5.73 Å². The number of aromatic nitrogens is 1. The molecule has 0 saturated carbocycles. The normalized spacial score (nSPS) is 11.2. The van der Waals surface area contributed by atoms with Gasteiger partial charge in [-0.3, -0.25) is 0 Å². The Hall–Kier alpha value is -1.77. The van der Waals surface area contributed by atoms with E-state index in [1.807, 2.05) is 0 Å². The summed E-state index contributed by atoms with van der Waals surface area (Å²) in [5.41, 5.74) is 10.4. The van der Waals surface area contributed by atoms with Crippen molar-refractivity contribution in [2.75, 3.05) is 5.73 Å². The Morgan fingerprint density at radius 3 is 2.61 bits per heavy atom. The third kappa shape index (κ3) is 2.40. The van der Waals surface area contributed by atoms with Crippen LogP contribution in [0.15, 0.2) is 22.7 Å². The molecule has 18 heavy (non-hydrogen) atoms. The molecule has 1 aromatic carbocycles. The highest BCUT2D eigenvalue weighted by molar-refractivity contribution is 5.69. The fourth-order valence-corrected chi connectivity index (χ4v) is 2.21. The SMILES string of the molecule is Cc1ccc(-c2onc(N)c2CC(C)C)c(C)c1. The topological polar surface area (TPSA) is 52.0 Å². The molecule has 0 radical (unpaired) electrons. The summed E-state index contributed by atoms with van der Waals surface area (Å²) in [5.74, 6) is 1.86. The van der Waals surface area contributed by atoms with Gasteiger partial charge in [0.2, 0.25) is 0 Å². The highest BCUT2D eigenvalue weighted by Crippen LogP contribution is 2.32. The van der Waals surface area contributed by atoms with Crippen LogP contribution in [0.3, 0.4) is 0 Å². The van der Waals surface area contributed by atoms with Crippen molar-refractivity contribution in [3.05, 3.63) is 34.9 Å². The molecule has 0 spiro atoms. The standard InChI is InChI=1S/C15H20N2O/c1-9(2)7-13-14(18-17-15(13)16)12-6-5-10(3)8-11(12)4/h5-6,8-9H,7H2,1-4H3,(H2,16,17). The summed E-state index contributed by atoms with van der Waals surface area (Å²) >= 11 is 0. The molecule has 2 N–H and O–H groups in total. The molecular weight excluding hydrogens is 224 g/mol. The first-order valence-corrected chi connectivity index (χ1v) is 6.30. The van der Waals surface area contributed by atoms with Crippen LogP contribution in [-0.4, -0.2) is 5.16 Å². The first-order chi connectivity index (χ1) is 8.49. The van der Waals surface area contributed by atoms with E-state index in [0.717, 1.165) is 23.3 Å². The van der Waals surface area contributed by atoms with Gasteiger partial charge in [-0.15, -0.1) is 0 Å². The average molecular weight is 244 g/mol. The molecule has 0 atom stereocenters. The lowest BCUT2D eigenvalue weighted by Gasteiger charge is -2.08. The third-order valence-corrected chi connectivity index (χ3v) is 3.06. The molecular formula is C15H20N2O. The molecule has 0 unspecified atom stereocenters. The summed E-state index contributed by atoms with van der Waals surface area (Å²) in [5, 5.41) is 3.91. The maximum atomic E-state index is 5.90. The molecule has 0 bridgehead atoms. The van der Waals surface area contributed by atoms with Gasteiger partial charge < -0.3 is 10.3 Å². The van der Waals surface area contributed by atoms with Crippen LogP contribution in [0.5, 0.6) is 0 Å². The van der Waals surface area contributed by atoms with Crippen molar-refractivity contribution in [3.63, 3.8) is 0 Å². The lowest BCUT2D eigenvalue weighted by Crippen LogP contribution is -1.99. The fourth-order valence-electron chi connectivity index (χ4n) is 2.21. The first-order valence-electron chi connectivity index (χ1n) is 6.30. The van der Waals surface area contributed by atoms with Crippen molar-refractivity contribution < 1.29 is 4.52 Å². The Labute approximate surface area is 108 Å². The Morgan fingerprint density at radius 1 is 1.28 bits per heavy atom. The molecule has 0 saturated heterocycles. The van der Waals surface area contributed by atoms with Crippen molar-refractivity contribution in [2.45, 2.75) is 34.1 Å². The van der Waals surface area contributed by atoms with Gasteiger partial charge in [-0.05, 0) is 31.7 Å². The van der Waals surface area contributed by atoms with Crippen LogP contribution in [0, 0.1) is 19.8 Å². The van der Waals surface area contributed by atoms with E-state index in [0.29, 0.717) is 11.7 Å². The molecule has 1 heterocycles. The van der Waals surface area contributed by atoms with Crippen molar-refractivity contribution in [1.29, 1.82) is 0 Å². The van der Waals surface area contributed by atoms with E-state index in [1.54, 1.807) is 0 Å². The summed E-state index contributed by atoms with van der Waals surface area (Å²) in [6.07, 6.45) is 0.887. The predicted octanol–water partition coefficient (Wildman–Crippen LogP) is 3.74. The molecule has 3 nitrogen and oxygen atoms in total. The van der Waals surface area contributed by atoms with Gasteiger partial charge in [0.25, 0.3) is 0 Å². The molecule has 0 aliphatic carbocycles. The maximum Gasteiger partial charge on any atom is 0.172 e. The molecule has 2 aromatic rings. The van der Waals surface area contributed by atoms with Crippen LogP contribution in [0.2, 0.25) is 0 Å². The van der Waals surface area contributed by atoms with Gasteiger partial charge in [0, 0.05) is 11.1 Å². The number of benzene rings is 1. The Kier molecular flexibility index (Phi) is 3.41. The molecule has 1 aromatic heterocycles. The number of hydrogen-bond acceptors (Lipinski definition) is 3. The van der Waals surface area contributed by atoms with Crippen molar-refractivity contribution in [3.8, 4) is 11.3 Å². The largest absolute Gasteiger partial charge is 0.381 e. The number of nitrogens with two attached hydrogens (primary N) is 1. The number of anilines is 1. The molecule has 0 fully saturated rings. The summed E-state index contributed by atoms with van der Waals surface area (Å²) in [4.78, 5) is 0. The van der Waals surface area contributed by atoms with E-state index in [9.17, 15) is 0 Å². The molecule has 0 aliphatic rings.